The molecule has 0 unspecified atom stereocenters. The number of methoxy groups -OCH3 is 1. The lowest BCUT2D eigenvalue weighted by Crippen LogP contribution is -2.50. The van der Waals surface area contributed by atoms with Crippen LogP contribution in [0.15, 0.2) is 35.4 Å². The summed E-state index contributed by atoms with van der Waals surface area (Å²) >= 11 is 0. The molecule has 2 amide bonds. The number of carbonyl (C=O) groups is 2. The first-order valence-corrected chi connectivity index (χ1v) is 7.88. The predicted octanol–water partition coefficient (Wildman–Crippen LogP) is 3.86. The summed E-state index contributed by atoms with van der Waals surface area (Å²) in [5.74, 6) is -2.91. The number of amides is 2. The first-order valence-electron chi connectivity index (χ1n) is 7.88. The molecule has 0 radical (unpaired) electrons. The Balaban J connectivity index is 2.11. The molecule has 2 aliphatic rings. The molecule has 1 aliphatic heterocycles. The fourth-order valence-electron chi connectivity index (χ4n) is 3.72. The lowest BCUT2D eigenvalue weighted by molar-refractivity contribution is -0.230. The molecule has 0 bridgehead atoms. The molecule has 0 spiro atoms. The number of anilines is 1. The van der Waals surface area contributed by atoms with Crippen molar-refractivity contribution in [2.24, 2.45) is 11.3 Å². The maximum Gasteiger partial charge on any atom is 0.404 e. The molecule has 1 aliphatic carbocycles. The van der Waals surface area contributed by atoms with Crippen LogP contribution in [0.25, 0.3) is 0 Å². The molecule has 1 saturated heterocycles. The SMILES string of the molecule is COc1ccc(N2C(=O)[C@@H]3CC(C)=C(C)C[C@]3(C(F)(F)F)C2=O)cc1. The van der Waals surface area contributed by atoms with E-state index in [-0.39, 0.29) is 12.1 Å². The van der Waals surface area contributed by atoms with Crippen molar-refractivity contribution in [2.75, 3.05) is 12.0 Å². The van der Waals surface area contributed by atoms with Crippen LogP contribution in [0.5, 0.6) is 5.75 Å². The van der Waals surface area contributed by atoms with E-state index in [1.165, 1.54) is 31.4 Å². The van der Waals surface area contributed by atoms with Crippen molar-refractivity contribution in [3.05, 3.63) is 35.4 Å². The van der Waals surface area contributed by atoms with Gasteiger partial charge in [0.25, 0.3) is 0 Å². The van der Waals surface area contributed by atoms with E-state index in [2.05, 4.69) is 0 Å². The van der Waals surface area contributed by atoms with E-state index in [1.807, 2.05) is 0 Å². The fraction of sp³-hybridized carbons (Fsp3) is 0.444. The Morgan fingerprint density at radius 1 is 1.12 bits per heavy atom. The third-order valence-electron chi connectivity index (χ3n) is 5.32. The van der Waals surface area contributed by atoms with Gasteiger partial charge in [0.05, 0.1) is 18.7 Å². The Kier molecular flexibility index (Phi) is 3.93. The number of fused-ring (bicyclic) bond motifs is 1. The van der Waals surface area contributed by atoms with E-state index >= 15 is 0 Å². The summed E-state index contributed by atoms with van der Waals surface area (Å²) in [5.41, 5.74) is -1.29. The molecule has 0 N–H and O–H groups in total. The van der Waals surface area contributed by atoms with Crippen LogP contribution in [-0.2, 0) is 9.59 Å². The molecular formula is C18H18F3NO3. The molecule has 2 atom stereocenters. The second kappa shape index (κ2) is 5.61. The van der Waals surface area contributed by atoms with Crippen molar-refractivity contribution in [2.45, 2.75) is 32.9 Å². The van der Waals surface area contributed by atoms with Crippen molar-refractivity contribution >= 4 is 17.5 Å². The highest BCUT2D eigenvalue weighted by atomic mass is 19.4. The van der Waals surface area contributed by atoms with Crippen molar-refractivity contribution in [3.63, 3.8) is 0 Å². The molecule has 1 heterocycles. The zero-order chi connectivity index (χ0) is 18.6. The summed E-state index contributed by atoms with van der Waals surface area (Å²) in [7, 11) is 1.45. The van der Waals surface area contributed by atoms with E-state index in [9.17, 15) is 22.8 Å². The van der Waals surface area contributed by atoms with Gasteiger partial charge < -0.3 is 4.74 Å². The molecule has 1 aromatic rings. The van der Waals surface area contributed by atoms with Crippen LogP contribution in [0.3, 0.4) is 0 Å². The molecule has 25 heavy (non-hydrogen) atoms. The number of allylic oxidation sites excluding steroid dienone is 2. The van der Waals surface area contributed by atoms with Crippen LogP contribution < -0.4 is 9.64 Å². The van der Waals surface area contributed by atoms with Gasteiger partial charge in [0.1, 0.15) is 5.75 Å². The van der Waals surface area contributed by atoms with Crippen molar-refractivity contribution < 1.29 is 27.5 Å². The Bertz CT molecular complexity index is 767. The molecule has 3 rings (SSSR count). The van der Waals surface area contributed by atoms with E-state index < -0.39 is 35.7 Å². The predicted molar refractivity (Wildman–Crippen MR) is 85.1 cm³/mol. The summed E-state index contributed by atoms with van der Waals surface area (Å²) in [6.45, 7) is 3.30. The number of rotatable bonds is 2. The van der Waals surface area contributed by atoms with Crippen LogP contribution in [0, 0.1) is 11.3 Å². The van der Waals surface area contributed by atoms with Gasteiger partial charge in [-0.2, -0.15) is 13.2 Å². The quantitative estimate of drug-likeness (QED) is 0.599. The molecule has 1 aromatic carbocycles. The number of alkyl halides is 3. The van der Waals surface area contributed by atoms with Gasteiger partial charge in [0.2, 0.25) is 11.8 Å². The maximum atomic E-state index is 14.0. The van der Waals surface area contributed by atoms with Gasteiger partial charge in [-0.3, -0.25) is 9.59 Å². The number of nitrogens with zero attached hydrogens (tertiary/aromatic N) is 1. The van der Waals surface area contributed by atoms with Gasteiger partial charge in [-0.15, -0.1) is 0 Å². The Morgan fingerprint density at radius 2 is 1.72 bits per heavy atom. The van der Waals surface area contributed by atoms with Crippen LogP contribution >= 0.6 is 0 Å². The topological polar surface area (TPSA) is 46.6 Å². The standard InChI is InChI=1S/C18H18F3NO3/c1-10-8-14-15(23)22(12-4-6-13(25-3)7-5-12)16(24)17(14,9-11(10)2)18(19,20)21/h4-7,14H,8-9H2,1-3H3/t14-,17+/m0/s1. The normalized spacial score (nSPS) is 27.0. The zero-order valence-electron chi connectivity index (χ0n) is 14.1. The van der Waals surface area contributed by atoms with Gasteiger partial charge in [-0.1, -0.05) is 11.1 Å². The van der Waals surface area contributed by atoms with Crippen LogP contribution in [0.2, 0.25) is 0 Å². The summed E-state index contributed by atoms with van der Waals surface area (Å²) in [6, 6.07) is 5.85. The van der Waals surface area contributed by atoms with Crippen molar-refractivity contribution in [3.8, 4) is 5.75 Å². The first kappa shape index (κ1) is 17.5. The zero-order valence-corrected chi connectivity index (χ0v) is 14.1. The summed E-state index contributed by atoms with van der Waals surface area (Å²) in [4.78, 5) is 26.3. The average molecular weight is 353 g/mol. The summed E-state index contributed by atoms with van der Waals surface area (Å²) in [5, 5.41) is 0. The van der Waals surface area contributed by atoms with E-state index in [4.69, 9.17) is 4.74 Å². The molecule has 0 aromatic heterocycles. The molecule has 4 nitrogen and oxygen atoms in total. The number of carbonyl (C=O) groups excluding carboxylic acids is 2. The minimum atomic E-state index is -4.80. The van der Waals surface area contributed by atoms with Crippen LogP contribution in [0.1, 0.15) is 26.7 Å². The summed E-state index contributed by atoms with van der Waals surface area (Å²) in [6.07, 6.45) is -5.32. The lowest BCUT2D eigenvalue weighted by Gasteiger charge is -2.37. The molecule has 7 heteroatoms. The monoisotopic (exact) mass is 353 g/mol. The second-order valence-corrected chi connectivity index (χ2v) is 6.64. The number of benzene rings is 1. The van der Waals surface area contributed by atoms with Gasteiger partial charge in [0, 0.05) is 0 Å². The Labute approximate surface area is 143 Å². The molecule has 0 saturated carbocycles. The molecular weight excluding hydrogens is 335 g/mol. The first-order chi connectivity index (χ1) is 11.6. The third kappa shape index (κ3) is 2.36. The van der Waals surface area contributed by atoms with Crippen LogP contribution in [-0.4, -0.2) is 25.1 Å². The highest BCUT2D eigenvalue weighted by Crippen LogP contribution is 2.58. The maximum absolute atomic E-state index is 14.0. The second-order valence-electron chi connectivity index (χ2n) is 6.64. The fourth-order valence-corrected chi connectivity index (χ4v) is 3.72. The van der Waals surface area contributed by atoms with Gasteiger partial charge in [-0.05, 0) is 51.0 Å². The molecule has 134 valence electrons. The number of ether oxygens (including phenoxy) is 1. The van der Waals surface area contributed by atoms with Gasteiger partial charge >= 0.3 is 6.18 Å². The van der Waals surface area contributed by atoms with Crippen molar-refractivity contribution in [1.82, 2.24) is 0 Å². The third-order valence-corrected chi connectivity index (χ3v) is 5.32. The van der Waals surface area contributed by atoms with E-state index in [0.717, 1.165) is 5.57 Å². The summed E-state index contributed by atoms with van der Waals surface area (Å²) < 4.78 is 46.9. The highest BCUT2D eigenvalue weighted by Gasteiger charge is 2.73. The largest absolute Gasteiger partial charge is 0.497 e. The van der Waals surface area contributed by atoms with Gasteiger partial charge in [-0.25, -0.2) is 4.90 Å². The van der Waals surface area contributed by atoms with Gasteiger partial charge in [0.15, 0.2) is 5.41 Å². The lowest BCUT2D eigenvalue weighted by atomic mass is 9.65. The highest BCUT2D eigenvalue weighted by molar-refractivity contribution is 6.24. The van der Waals surface area contributed by atoms with E-state index in [0.29, 0.717) is 16.2 Å². The Hall–Kier alpha value is -2.31. The number of hydrogen-bond acceptors (Lipinski definition) is 3. The number of hydrogen-bond donors (Lipinski definition) is 0. The Morgan fingerprint density at radius 3 is 2.24 bits per heavy atom. The number of halogens is 3. The minimum Gasteiger partial charge on any atom is -0.497 e. The minimum absolute atomic E-state index is 0.0530. The average Bonchev–Trinajstić information content (AvgIpc) is 2.77. The number of imide groups is 1. The molecule has 1 fully saturated rings. The van der Waals surface area contributed by atoms with Crippen LogP contribution in [0.4, 0.5) is 18.9 Å². The van der Waals surface area contributed by atoms with Crippen molar-refractivity contribution in [1.29, 1.82) is 0 Å². The smallest absolute Gasteiger partial charge is 0.404 e. The van der Waals surface area contributed by atoms with E-state index in [1.54, 1.807) is 13.8 Å².